The highest BCUT2D eigenvalue weighted by Crippen LogP contribution is 2.22. The molecule has 1 aliphatic carbocycles. The van der Waals surface area contributed by atoms with E-state index in [0.717, 1.165) is 18.1 Å². The standard InChI is InChI=1S/C16H27N3O/c1-4-20-16-11-15(17-13-8-6-5-7-9-13)18-14(19-16)10-12(2)3/h11-13H,4-10H2,1-3H3,(H,17,18,19). The van der Waals surface area contributed by atoms with E-state index >= 15 is 0 Å². The van der Waals surface area contributed by atoms with Gasteiger partial charge in [0.15, 0.2) is 0 Å². The summed E-state index contributed by atoms with van der Waals surface area (Å²) >= 11 is 0. The molecule has 20 heavy (non-hydrogen) atoms. The van der Waals surface area contributed by atoms with Crippen molar-refractivity contribution in [2.45, 2.75) is 65.3 Å². The van der Waals surface area contributed by atoms with E-state index in [-0.39, 0.29) is 0 Å². The van der Waals surface area contributed by atoms with Crippen molar-refractivity contribution in [3.05, 3.63) is 11.9 Å². The van der Waals surface area contributed by atoms with Gasteiger partial charge in [0, 0.05) is 18.5 Å². The van der Waals surface area contributed by atoms with Crippen LogP contribution in [0.4, 0.5) is 5.82 Å². The maximum Gasteiger partial charge on any atom is 0.218 e. The first-order valence-corrected chi connectivity index (χ1v) is 7.94. The van der Waals surface area contributed by atoms with Gasteiger partial charge in [0.25, 0.3) is 0 Å². The van der Waals surface area contributed by atoms with Gasteiger partial charge < -0.3 is 10.1 Å². The summed E-state index contributed by atoms with van der Waals surface area (Å²) in [6.45, 7) is 7.00. The minimum atomic E-state index is 0.550. The second-order valence-electron chi connectivity index (χ2n) is 6.02. The van der Waals surface area contributed by atoms with Crippen molar-refractivity contribution in [3.8, 4) is 5.88 Å². The van der Waals surface area contributed by atoms with E-state index < -0.39 is 0 Å². The molecule has 1 aromatic rings. The predicted octanol–water partition coefficient (Wildman–Crippen LogP) is 3.82. The second kappa shape index (κ2) is 7.46. The molecule has 112 valence electrons. The van der Waals surface area contributed by atoms with Crippen LogP contribution in [0.1, 0.15) is 58.7 Å². The molecule has 0 radical (unpaired) electrons. The third kappa shape index (κ3) is 4.66. The average Bonchev–Trinajstić information content (AvgIpc) is 2.39. The number of nitrogens with one attached hydrogen (secondary N) is 1. The summed E-state index contributed by atoms with van der Waals surface area (Å²) in [7, 11) is 0. The van der Waals surface area contributed by atoms with E-state index in [4.69, 9.17) is 4.74 Å². The third-order valence-electron chi connectivity index (χ3n) is 3.59. The number of hydrogen-bond donors (Lipinski definition) is 1. The summed E-state index contributed by atoms with van der Waals surface area (Å²) in [5, 5.41) is 3.56. The van der Waals surface area contributed by atoms with Crippen LogP contribution in [0.15, 0.2) is 6.07 Å². The molecule has 2 rings (SSSR count). The summed E-state index contributed by atoms with van der Waals surface area (Å²) < 4.78 is 5.57. The molecule has 0 atom stereocenters. The van der Waals surface area contributed by atoms with Crippen LogP contribution in [0.3, 0.4) is 0 Å². The molecule has 1 N–H and O–H groups in total. The minimum Gasteiger partial charge on any atom is -0.478 e. The number of ether oxygens (including phenoxy) is 1. The molecular formula is C16H27N3O. The van der Waals surface area contributed by atoms with Crippen LogP contribution >= 0.6 is 0 Å². The lowest BCUT2D eigenvalue weighted by molar-refractivity contribution is 0.324. The molecule has 0 aliphatic heterocycles. The highest BCUT2D eigenvalue weighted by Gasteiger charge is 2.15. The quantitative estimate of drug-likeness (QED) is 0.858. The molecule has 0 spiro atoms. The van der Waals surface area contributed by atoms with Crippen LogP contribution in [0.2, 0.25) is 0 Å². The van der Waals surface area contributed by atoms with Gasteiger partial charge in [-0.3, -0.25) is 0 Å². The minimum absolute atomic E-state index is 0.550. The normalized spacial score (nSPS) is 16.4. The van der Waals surface area contributed by atoms with Crippen molar-refractivity contribution in [2.75, 3.05) is 11.9 Å². The molecule has 1 heterocycles. The van der Waals surface area contributed by atoms with Crippen LogP contribution in [0.5, 0.6) is 5.88 Å². The Morgan fingerprint density at radius 2 is 2.00 bits per heavy atom. The van der Waals surface area contributed by atoms with E-state index in [9.17, 15) is 0 Å². The first-order chi connectivity index (χ1) is 9.67. The van der Waals surface area contributed by atoms with Crippen LogP contribution in [-0.4, -0.2) is 22.6 Å². The Bertz CT molecular complexity index is 414. The van der Waals surface area contributed by atoms with E-state index in [1.165, 1.54) is 32.1 Å². The van der Waals surface area contributed by atoms with Crippen molar-refractivity contribution >= 4 is 5.82 Å². The molecule has 1 saturated carbocycles. The highest BCUT2D eigenvalue weighted by atomic mass is 16.5. The average molecular weight is 277 g/mol. The summed E-state index contributed by atoms with van der Waals surface area (Å²) in [6, 6.07) is 2.49. The summed E-state index contributed by atoms with van der Waals surface area (Å²) in [4.78, 5) is 9.13. The van der Waals surface area contributed by atoms with Crippen molar-refractivity contribution in [1.82, 2.24) is 9.97 Å². The van der Waals surface area contributed by atoms with Crippen LogP contribution < -0.4 is 10.1 Å². The fourth-order valence-electron chi connectivity index (χ4n) is 2.68. The molecule has 4 heteroatoms. The van der Waals surface area contributed by atoms with Gasteiger partial charge in [0.1, 0.15) is 11.6 Å². The molecule has 4 nitrogen and oxygen atoms in total. The molecule has 1 aromatic heterocycles. The zero-order chi connectivity index (χ0) is 14.4. The van der Waals surface area contributed by atoms with Gasteiger partial charge in [0.05, 0.1) is 6.61 Å². The number of aromatic nitrogens is 2. The lowest BCUT2D eigenvalue weighted by Gasteiger charge is -2.23. The lowest BCUT2D eigenvalue weighted by atomic mass is 9.95. The van der Waals surface area contributed by atoms with Gasteiger partial charge in [-0.25, -0.2) is 4.98 Å². The summed E-state index contributed by atoms with van der Waals surface area (Å²) in [6.07, 6.45) is 7.38. The van der Waals surface area contributed by atoms with Crippen LogP contribution in [0.25, 0.3) is 0 Å². The van der Waals surface area contributed by atoms with E-state index in [1.54, 1.807) is 0 Å². The maximum atomic E-state index is 5.57. The largest absolute Gasteiger partial charge is 0.478 e. The van der Waals surface area contributed by atoms with E-state index in [1.807, 2.05) is 13.0 Å². The highest BCUT2D eigenvalue weighted by molar-refractivity contribution is 5.39. The second-order valence-corrected chi connectivity index (χ2v) is 6.02. The summed E-state index contributed by atoms with van der Waals surface area (Å²) in [5.41, 5.74) is 0. The van der Waals surface area contributed by atoms with Gasteiger partial charge in [0.2, 0.25) is 5.88 Å². The molecule has 0 unspecified atom stereocenters. The van der Waals surface area contributed by atoms with Gasteiger partial charge in [-0.2, -0.15) is 4.98 Å². The van der Waals surface area contributed by atoms with Gasteiger partial charge in [-0.15, -0.1) is 0 Å². The lowest BCUT2D eigenvalue weighted by Crippen LogP contribution is -2.23. The van der Waals surface area contributed by atoms with Gasteiger partial charge >= 0.3 is 0 Å². The fraction of sp³-hybridized carbons (Fsp3) is 0.750. The monoisotopic (exact) mass is 277 g/mol. The summed E-state index contributed by atoms with van der Waals surface area (Å²) in [5.74, 6) is 3.04. The SMILES string of the molecule is CCOc1cc(NC2CCCCC2)nc(CC(C)C)n1. The Morgan fingerprint density at radius 1 is 1.25 bits per heavy atom. The fourth-order valence-corrected chi connectivity index (χ4v) is 2.68. The molecular weight excluding hydrogens is 250 g/mol. The zero-order valence-corrected chi connectivity index (χ0v) is 13.0. The molecule has 0 bridgehead atoms. The third-order valence-corrected chi connectivity index (χ3v) is 3.59. The molecule has 1 fully saturated rings. The smallest absolute Gasteiger partial charge is 0.218 e. The van der Waals surface area contributed by atoms with E-state index in [0.29, 0.717) is 24.4 Å². The first kappa shape index (κ1) is 15.1. The number of anilines is 1. The molecule has 1 aliphatic rings. The predicted molar refractivity (Wildman–Crippen MR) is 82.2 cm³/mol. The Balaban J connectivity index is 2.10. The van der Waals surface area contributed by atoms with Crippen LogP contribution in [0, 0.1) is 5.92 Å². The van der Waals surface area contributed by atoms with Crippen molar-refractivity contribution in [1.29, 1.82) is 0 Å². The van der Waals surface area contributed by atoms with Gasteiger partial charge in [-0.1, -0.05) is 33.1 Å². The van der Waals surface area contributed by atoms with Crippen LogP contribution in [-0.2, 0) is 6.42 Å². The Hall–Kier alpha value is -1.32. The van der Waals surface area contributed by atoms with Crippen molar-refractivity contribution < 1.29 is 4.74 Å². The molecule has 0 amide bonds. The van der Waals surface area contributed by atoms with Crippen molar-refractivity contribution in [2.24, 2.45) is 5.92 Å². The molecule has 0 saturated heterocycles. The zero-order valence-electron chi connectivity index (χ0n) is 13.0. The Morgan fingerprint density at radius 3 is 2.65 bits per heavy atom. The number of rotatable bonds is 6. The Kier molecular flexibility index (Phi) is 5.62. The van der Waals surface area contributed by atoms with Crippen molar-refractivity contribution in [3.63, 3.8) is 0 Å². The van der Waals surface area contributed by atoms with Gasteiger partial charge in [-0.05, 0) is 25.7 Å². The first-order valence-electron chi connectivity index (χ1n) is 7.94. The number of nitrogens with zero attached hydrogens (tertiary/aromatic N) is 2. The Labute approximate surface area is 122 Å². The maximum absolute atomic E-state index is 5.57. The topological polar surface area (TPSA) is 47.0 Å². The molecule has 0 aromatic carbocycles. The van der Waals surface area contributed by atoms with E-state index in [2.05, 4.69) is 29.1 Å². The number of hydrogen-bond acceptors (Lipinski definition) is 4.